The first kappa shape index (κ1) is 13.4. The highest BCUT2D eigenvalue weighted by atomic mass is 35.5. The summed E-state index contributed by atoms with van der Waals surface area (Å²) in [5.74, 6) is 0. The van der Waals surface area contributed by atoms with Crippen LogP contribution in [0.1, 0.15) is 49.3 Å². The largest absolute Gasteiger partial charge is 0.310 e. The molecule has 3 rings (SSSR count). The maximum atomic E-state index is 6.47. The third-order valence-electron chi connectivity index (χ3n) is 4.38. The minimum absolute atomic E-state index is 0.507. The van der Waals surface area contributed by atoms with Crippen LogP contribution in [0, 0.1) is 0 Å². The predicted octanol–water partition coefficient (Wildman–Crippen LogP) is 3.75. The Hall–Kier alpha value is -0.570. The van der Waals surface area contributed by atoms with E-state index in [0.29, 0.717) is 6.04 Å². The van der Waals surface area contributed by atoms with E-state index in [1.165, 1.54) is 56.3 Å². The molecule has 1 aromatic carbocycles. The number of benzene rings is 1. The second kappa shape index (κ2) is 6.25. The van der Waals surface area contributed by atoms with Crippen molar-refractivity contribution >= 4 is 11.6 Å². The first-order valence-electron chi connectivity index (χ1n) is 7.57. The Morgan fingerprint density at radius 2 is 2.00 bits per heavy atom. The SMILES string of the molecule is Clc1cc(C2CCCCN2)ccc1CN1CCCC1. The summed E-state index contributed by atoms with van der Waals surface area (Å²) >= 11 is 6.47. The Bertz CT molecular complexity index is 421. The first-order chi connectivity index (χ1) is 9.33. The molecule has 2 fully saturated rings. The number of likely N-dealkylation sites (tertiary alicyclic amines) is 1. The summed E-state index contributed by atoms with van der Waals surface area (Å²) in [6.45, 7) is 4.60. The zero-order valence-electron chi connectivity index (χ0n) is 11.5. The average Bonchev–Trinajstić information content (AvgIpc) is 2.95. The third kappa shape index (κ3) is 3.31. The molecule has 0 radical (unpaired) electrons. The van der Waals surface area contributed by atoms with E-state index in [9.17, 15) is 0 Å². The fourth-order valence-corrected chi connectivity index (χ4v) is 3.48. The highest BCUT2D eigenvalue weighted by Gasteiger charge is 2.17. The van der Waals surface area contributed by atoms with Crippen molar-refractivity contribution in [2.75, 3.05) is 19.6 Å². The Morgan fingerprint density at radius 3 is 2.68 bits per heavy atom. The lowest BCUT2D eigenvalue weighted by atomic mass is 9.96. The summed E-state index contributed by atoms with van der Waals surface area (Å²) in [6.07, 6.45) is 6.54. The summed E-state index contributed by atoms with van der Waals surface area (Å²) in [5.41, 5.74) is 2.64. The molecule has 104 valence electrons. The molecule has 0 amide bonds. The fourth-order valence-electron chi connectivity index (χ4n) is 3.23. The molecule has 0 aliphatic carbocycles. The van der Waals surface area contributed by atoms with Crippen LogP contribution in [0.5, 0.6) is 0 Å². The van der Waals surface area contributed by atoms with Crippen molar-refractivity contribution < 1.29 is 0 Å². The molecular weight excluding hydrogens is 256 g/mol. The van der Waals surface area contributed by atoms with Gasteiger partial charge in [-0.05, 0) is 62.5 Å². The van der Waals surface area contributed by atoms with Crippen LogP contribution in [-0.2, 0) is 6.54 Å². The topological polar surface area (TPSA) is 15.3 Å². The van der Waals surface area contributed by atoms with Gasteiger partial charge in [-0.1, -0.05) is 30.2 Å². The van der Waals surface area contributed by atoms with E-state index in [1.807, 2.05) is 0 Å². The lowest BCUT2D eigenvalue weighted by Crippen LogP contribution is -2.26. The molecular formula is C16H23ClN2. The van der Waals surface area contributed by atoms with Gasteiger partial charge in [0.05, 0.1) is 0 Å². The molecule has 1 N–H and O–H groups in total. The van der Waals surface area contributed by atoms with Gasteiger partial charge in [-0.15, -0.1) is 0 Å². The quantitative estimate of drug-likeness (QED) is 0.906. The van der Waals surface area contributed by atoms with E-state index in [0.717, 1.165) is 18.1 Å². The van der Waals surface area contributed by atoms with E-state index >= 15 is 0 Å². The van der Waals surface area contributed by atoms with E-state index in [1.54, 1.807) is 0 Å². The second-order valence-electron chi connectivity index (χ2n) is 5.84. The van der Waals surface area contributed by atoms with Crippen molar-refractivity contribution in [2.24, 2.45) is 0 Å². The Labute approximate surface area is 121 Å². The van der Waals surface area contributed by atoms with Crippen LogP contribution in [0.3, 0.4) is 0 Å². The fraction of sp³-hybridized carbons (Fsp3) is 0.625. The maximum absolute atomic E-state index is 6.47. The molecule has 0 spiro atoms. The van der Waals surface area contributed by atoms with Gasteiger partial charge >= 0.3 is 0 Å². The molecule has 0 saturated carbocycles. The summed E-state index contributed by atoms with van der Waals surface area (Å²) in [5, 5.41) is 4.53. The molecule has 2 heterocycles. The Kier molecular flexibility index (Phi) is 4.42. The molecule has 1 atom stereocenters. The Balaban J connectivity index is 1.69. The van der Waals surface area contributed by atoms with Crippen molar-refractivity contribution in [1.82, 2.24) is 10.2 Å². The van der Waals surface area contributed by atoms with Crippen molar-refractivity contribution in [3.05, 3.63) is 34.3 Å². The number of rotatable bonds is 3. The van der Waals surface area contributed by atoms with E-state index < -0.39 is 0 Å². The van der Waals surface area contributed by atoms with Gasteiger partial charge in [-0.25, -0.2) is 0 Å². The zero-order chi connectivity index (χ0) is 13.1. The number of nitrogens with zero attached hydrogens (tertiary/aromatic N) is 1. The number of halogens is 1. The molecule has 1 aromatic rings. The van der Waals surface area contributed by atoms with Crippen LogP contribution in [-0.4, -0.2) is 24.5 Å². The molecule has 3 heteroatoms. The summed E-state index contributed by atoms with van der Waals surface area (Å²) in [4.78, 5) is 2.50. The van der Waals surface area contributed by atoms with Crippen molar-refractivity contribution in [3.63, 3.8) is 0 Å². The number of hydrogen-bond acceptors (Lipinski definition) is 2. The summed E-state index contributed by atoms with van der Waals surface area (Å²) in [6, 6.07) is 7.18. The van der Waals surface area contributed by atoms with E-state index in [2.05, 4.69) is 28.4 Å². The molecule has 2 aliphatic heterocycles. The van der Waals surface area contributed by atoms with Crippen LogP contribution >= 0.6 is 11.6 Å². The monoisotopic (exact) mass is 278 g/mol. The number of nitrogens with one attached hydrogen (secondary N) is 1. The lowest BCUT2D eigenvalue weighted by molar-refractivity contribution is 0.331. The number of hydrogen-bond donors (Lipinski definition) is 1. The lowest BCUT2D eigenvalue weighted by Gasteiger charge is -2.24. The van der Waals surface area contributed by atoms with Crippen LogP contribution in [0.15, 0.2) is 18.2 Å². The average molecular weight is 279 g/mol. The molecule has 19 heavy (non-hydrogen) atoms. The zero-order valence-corrected chi connectivity index (χ0v) is 12.3. The van der Waals surface area contributed by atoms with Gasteiger partial charge in [0, 0.05) is 17.6 Å². The predicted molar refractivity (Wildman–Crippen MR) is 80.6 cm³/mol. The van der Waals surface area contributed by atoms with E-state index in [-0.39, 0.29) is 0 Å². The molecule has 0 bridgehead atoms. The van der Waals surface area contributed by atoms with Gasteiger partial charge in [0.2, 0.25) is 0 Å². The Morgan fingerprint density at radius 1 is 1.16 bits per heavy atom. The highest BCUT2D eigenvalue weighted by molar-refractivity contribution is 6.31. The van der Waals surface area contributed by atoms with Crippen LogP contribution in [0.25, 0.3) is 0 Å². The maximum Gasteiger partial charge on any atom is 0.0454 e. The molecule has 1 unspecified atom stereocenters. The summed E-state index contributed by atoms with van der Waals surface area (Å²) < 4.78 is 0. The van der Waals surface area contributed by atoms with Crippen molar-refractivity contribution in [3.8, 4) is 0 Å². The normalized spacial score (nSPS) is 24.8. The molecule has 2 aliphatic rings. The van der Waals surface area contributed by atoms with Crippen LogP contribution in [0.4, 0.5) is 0 Å². The second-order valence-corrected chi connectivity index (χ2v) is 6.24. The van der Waals surface area contributed by atoms with Crippen LogP contribution in [0.2, 0.25) is 5.02 Å². The van der Waals surface area contributed by atoms with Gasteiger partial charge in [0.15, 0.2) is 0 Å². The van der Waals surface area contributed by atoms with Gasteiger partial charge in [0.1, 0.15) is 0 Å². The summed E-state index contributed by atoms with van der Waals surface area (Å²) in [7, 11) is 0. The minimum atomic E-state index is 0.507. The van der Waals surface area contributed by atoms with Crippen molar-refractivity contribution in [1.29, 1.82) is 0 Å². The highest BCUT2D eigenvalue weighted by Crippen LogP contribution is 2.28. The van der Waals surface area contributed by atoms with Gasteiger partial charge in [0.25, 0.3) is 0 Å². The van der Waals surface area contributed by atoms with Crippen LogP contribution < -0.4 is 5.32 Å². The first-order valence-corrected chi connectivity index (χ1v) is 7.95. The van der Waals surface area contributed by atoms with Gasteiger partial charge in [-0.2, -0.15) is 0 Å². The molecule has 2 saturated heterocycles. The van der Waals surface area contributed by atoms with Gasteiger partial charge in [-0.3, -0.25) is 4.90 Å². The molecule has 0 aromatic heterocycles. The molecule has 2 nitrogen and oxygen atoms in total. The standard InChI is InChI=1S/C16H23ClN2/c17-15-11-13(16-5-1-2-8-18-16)6-7-14(15)12-19-9-3-4-10-19/h6-7,11,16,18H,1-5,8-10,12H2. The number of piperidine rings is 1. The minimum Gasteiger partial charge on any atom is -0.310 e. The van der Waals surface area contributed by atoms with E-state index in [4.69, 9.17) is 11.6 Å². The van der Waals surface area contributed by atoms with Crippen molar-refractivity contribution in [2.45, 2.75) is 44.7 Å². The smallest absolute Gasteiger partial charge is 0.0454 e. The van der Waals surface area contributed by atoms with Gasteiger partial charge < -0.3 is 5.32 Å². The third-order valence-corrected chi connectivity index (χ3v) is 4.73.